The lowest BCUT2D eigenvalue weighted by Gasteiger charge is -2.32. The van der Waals surface area contributed by atoms with E-state index >= 15 is 0 Å². The van der Waals surface area contributed by atoms with Gasteiger partial charge in [0, 0.05) is 24.9 Å². The molecular weight excluding hydrogens is 371 g/mol. The Hall–Kier alpha value is -3.32. The average Bonchev–Trinajstić information content (AvgIpc) is 2.76. The summed E-state index contributed by atoms with van der Waals surface area (Å²) in [6.45, 7) is 1.36. The molecule has 2 aromatic heterocycles. The minimum atomic E-state index is -0.303. The highest BCUT2D eigenvalue weighted by atomic mass is 19.1. The molecule has 6 nitrogen and oxygen atoms in total. The monoisotopic (exact) mass is 392 g/mol. The van der Waals surface area contributed by atoms with Crippen LogP contribution in [-0.2, 0) is 11.2 Å². The van der Waals surface area contributed by atoms with Gasteiger partial charge in [0.1, 0.15) is 17.7 Å². The lowest BCUT2D eigenvalue weighted by atomic mass is 10.1. The minimum absolute atomic E-state index is 0.103. The van der Waals surface area contributed by atoms with E-state index in [-0.39, 0.29) is 17.8 Å². The normalized spacial score (nSPS) is 16.6. The first-order valence-electron chi connectivity index (χ1n) is 9.41. The molecule has 1 fully saturated rings. The molecule has 3 aromatic rings. The number of morpholine rings is 1. The predicted molar refractivity (Wildman–Crippen MR) is 107 cm³/mol. The van der Waals surface area contributed by atoms with E-state index in [0.717, 1.165) is 17.0 Å². The zero-order valence-electron chi connectivity index (χ0n) is 15.8. The van der Waals surface area contributed by atoms with Crippen LogP contribution >= 0.6 is 0 Å². The molecule has 4 rings (SSSR count). The van der Waals surface area contributed by atoms with Gasteiger partial charge in [-0.2, -0.15) is 0 Å². The van der Waals surface area contributed by atoms with Crippen LogP contribution in [0.2, 0.25) is 0 Å². The van der Waals surface area contributed by atoms with Gasteiger partial charge in [-0.05, 0) is 42.0 Å². The SMILES string of the molecule is Nc1ccc(C(=O)N2CCO[C@@H](c3cccc(Cc4ccc(F)cc4)n3)C2)cn1. The molecule has 1 atom stereocenters. The molecule has 1 aliphatic rings. The molecule has 1 aliphatic heterocycles. The number of carbonyl (C=O) groups is 1. The zero-order valence-corrected chi connectivity index (χ0v) is 15.8. The van der Waals surface area contributed by atoms with Crippen LogP contribution < -0.4 is 5.73 Å². The third-order valence-electron chi connectivity index (χ3n) is 4.84. The first-order chi connectivity index (χ1) is 14.1. The minimum Gasteiger partial charge on any atom is -0.384 e. The first kappa shape index (κ1) is 19.0. The van der Waals surface area contributed by atoms with Gasteiger partial charge >= 0.3 is 0 Å². The van der Waals surface area contributed by atoms with Gasteiger partial charge in [-0.1, -0.05) is 18.2 Å². The topological polar surface area (TPSA) is 81.3 Å². The number of benzene rings is 1. The summed E-state index contributed by atoms with van der Waals surface area (Å²) >= 11 is 0. The first-order valence-corrected chi connectivity index (χ1v) is 9.41. The summed E-state index contributed by atoms with van der Waals surface area (Å²) in [5.74, 6) is 0.0176. The smallest absolute Gasteiger partial charge is 0.255 e. The Kier molecular flexibility index (Phi) is 5.48. The van der Waals surface area contributed by atoms with Crippen molar-refractivity contribution >= 4 is 11.7 Å². The molecule has 7 heteroatoms. The van der Waals surface area contributed by atoms with E-state index in [0.29, 0.717) is 37.5 Å². The fraction of sp³-hybridized carbons (Fsp3) is 0.227. The van der Waals surface area contributed by atoms with Crippen molar-refractivity contribution in [2.75, 3.05) is 25.4 Å². The van der Waals surface area contributed by atoms with Crippen LogP contribution in [0.4, 0.5) is 10.2 Å². The van der Waals surface area contributed by atoms with Gasteiger partial charge in [-0.15, -0.1) is 0 Å². The second-order valence-electron chi connectivity index (χ2n) is 6.94. The summed E-state index contributed by atoms with van der Waals surface area (Å²) in [5.41, 5.74) is 8.72. The molecule has 0 aliphatic carbocycles. The van der Waals surface area contributed by atoms with Gasteiger partial charge < -0.3 is 15.4 Å². The molecular formula is C22H21FN4O2. The number of amides is 1. The van der Waals surface area contributed by atoms with Crippen molar-refractivity contribution < 1.29 is 13.9 Å². The molecule has 29 heavy (non-hydrogen) atoms. The molecule has 148 valence electrons. The number of carbonyl (C=O) groups excluding carboxylic acids is 1. The largest absolute Gasteiger partial charge is 0.384 e. The molecule has 2 N–H and O–H groups in total. The number of rotatable bonds is 4. The molecule has 0 bridgehead atoms. The van der Waals surface area contributed by atoms with Gasteiger partial charge in [0.25, 0.3) is 5.91 Å². The summed E-state index contributed by atoms with van der Waals surface area (Å²) in [7, 11) is 0. The Morgan fingerprint density at radius 1 is 1.17 bits per heavy atom. The van der Waals surface area contributed by atoms with Crippen LogP contribution in [0, 0.1) is 5.82 Å². The quantitative estimate of drug-likeness (QED) is 0.738. The molecule has 3 heterocycles. The van der Waals surface area contributed by atoms with E-state index in [1.165, 1.54) is 18.3 Å². The number of nitrogen functional groups attached to an aromatic ring is 1. The van der Waals surface area contributed by atoms with Crippen molar-refractivity contribution in [3.8, 4) is 0 Å². The number of nitrogens with two attached hydrogens (primary N) is 1. The van der Waals surface area contributed by atoms with E-state index in [4.69, 9.17) is 15.5 Å². The number of hydrogen-bond donors (Lipinski definition) is 1. The highest BCUT2D eigenvalue weighted by Gasteiger charge is 2.27. The van der Waals surface area contributed by atoms with Crippen LogP contribution in [0.5, 0.6) is 0 Å². The second kappa shape index (κ2) is 8.36. The third-order valence-corrected chi connectivity index (χ3v) is 4.84. The molecule has 1 aromatic carbocycles. The van der Waals surface area contributed by atoms with E-state index in [1.807, 2.05) is 18.2 Å². The fourth-order valence-electron chi connectivity index (χ4n) is 3.31. The Morgan fingerprint density at radius 2 is 2.00 bits per heavy atom. The molecule has 0 spiro atoms. The highest BCUT2D eigenvalue weighted by Crippen LogP contribution is 2.23. The van der Waals surface area contributed by atoms with Gasteiger partial charge in [-0.25, -0.2) is 9.37 Å². The van der Waals surface area contributed by atoms with Crippen molar-refractivity contribution in [2.24, 2.45) is 0 Å². The van der Waals surface area contributed by atoms with E-state index < -0.39 is 0 Å². The summed E-state index contributed by atoms with van der Waals surface area (Å²) in [5, 5.41) is 0. The Morgan fingerprint density at radius 3 is 2.76 bits per heavy atom. The summed E-state index contributed by atoms with van der Waals surface area (Å²) in [6, 6.07) is 15.4. The maximum Gasteiger partial charge on any atom is 0.255 e. The standard InChI is InChI=1S/C22H21FN4O2/c23-17-7-4-15(5-8-17)12-18-2-1-3-19(26-18)20-14-27(10-11-29-20)22(28)16-6-9-21(24)25-13-16/h1-9,13,20H,10-12,14H2,(H2,24,25)/t20-/m1/s1. The van der Waals surface area contributed by atoms with E-state index in [9.17, 15) is 9.18 Å². The van der Waals surface area contributed by atoms with E-state index in [2.05, 4.69) is 4.98 Å². The van der Waals surface area contributed by atoms with Crippen molar-refractivity contribution in [3.63, 3.8) is 0 Å². The van der Waals surface area contributed by atoms with Crippen molar-refractivity contribution in [3.05, 3.63) is 89.1 Å². The number of hydrogen-bond acceptors (Lipinski definition) is 5. The maximum atomic E-state index is 13.1. The Labute approximate surface area is 168 Å². The number of pyridine rings is 2. The van der Waals surface area contributed by atoms with Gasteiger partial charge in [0.2, 0.25) is 0 Å². The van der Waals surface area contributed by atoms with Gasteiger partial charge in [0.05, 0.1) is 24.4 Å². The van der Waals surface area contributed by atoms with Crippen LogP contribution in [0.15, 0.2) is 60.8 Å². The number of nitrogens with zero attached hydrogens (tertiary/aromatic N) is 3. The lowest BCUT2D eigenvalue weighted by molar-refractivity contribution is -0.0248. The maximum absolute atomic E-state index is 13.1. The van der Waals surface area contributed by atoms with Crippen LogP contribution in [0.3, 0.4) is 0 Å². The highest BCUT2D eigenvalue weighted by molar-refractivity contribution is 5.94. The summed E-state index contributed by atoms with van der Waals surface area (Å²) in [4.78, 5) is 23.2. The Bertz CT molecular complexity index is 992. The molecule has 0 unspecified atom stereocenters. The third kappa shape index (κ3) is 4.57. The van der Waals surface area contributed by atoms with Crippen molar-refractivity contribution in [1.29, 1.82) is 0 Å². The van der Waals surface area contributed by atoms with Crippen LogP contribution in [0.1, 0.15) is 33.4 Å². The summed E-state index contributed by atoms with van der Waals surface area (Å²) in [6.07, 6.45) is 1.78. The summed E-state index contributed by atoms with van der Waals surface area (Å²) < 4.78 is 19.0. The van der Waals surface area contributed by atoms with E-state index in [1.54, 1.807) is 29.2 Å². The number of halogens is 1. The van der Waals surface area contributed by atoms with Crippen LogP contribution in [-0.4, -0.2) is 40.5 Å². The van der Waals surface area contributed by atoms with Crippen molar-refractivity contribution in [2.45, 2.75) is 12.5 Å². The van der Waals surface area contributed by atoms with Gasteiger partial charge in [-0.3, -0.25) is 9.78 Å². The zero-order chi connectivity index (χ0) is 20.2. The average molecular weight is 392 g/mol. The number of anilines is 1. The second-order valence-corrected chi connectivity index (χ2v) is 6.94. The predicted octanol–water partition coefficient (Wildman–Crippen LogP) is 3.00. The molecule has 0 radical (unpaired) electrons. The van der Waals surface area contributed by atoms with Crippen molar-refractivity contribution in [1.82, 2.24) is 14.9 Å². The molecule has 0 saturated carbocycles. The molecule has 1 saturated heterocycles. The number of ether oxygens (including phenoxy) is 1. The Balaban J connectivity index is 1.47. The lowest BCUT2D eigenvalue weighted by Crippen LogP contribution is -2.42. The fourth-order valence-corrected chi connectivity index (χ4v) is 3.31. The number of aromatic nitrogens is 2. The van der Waals surface area contributed by atoms with Gasteiger partial charge in [0.15, 0.2) is 0 Å². The van der Waals surface area contributed by atoms with Crippen LogP contribution in [0.25, 0.3) is 0 Å². The molecule has 1 amide bonds.